The van der Waals surface area contributed by atoms with E-state index >= 15 is 0 Å². The Hall–Kier alpha value is -2.81. The predicted octanol–water partition coefficient (Wildman–Crippen LogP) is 1.26. The fourth-order valence-corrected chi connectivity index (χ4v) is 2.53. The van der Waals surface area contributed by atoms with Crippen molar-refractivity contribution in [3.05, 3.63) is 42.5 Å². The molecule has 2 aromatic heterocycles. The number of anilines is 3. The Labute approximate surface area is 123 Å². The molecule has 6 nitrogen and oxygen atoms in total. The third-order valence-corrected chi connectivity index (χ3v) is 3.68. The maximum atomic E-state index is 8.78. The van der Waals surface area contributed by atoms with Gasteiger partial charge in [0.25, 0.3) is 0 Å². The van der Waals surface area contributed by atoms with Crippen LogP contribution in [0.5, 0.6) is 0 Å². The summed E-state index contributed by atoms with van der Waals surface area (Å²) >= 11 is 0. The zero-order valence-electron chi connectivity index (χ0n) is 11.6. The molecule has 0 aliphatic carbocycles. The second-order valence-electron chi connectivity index (χ2n) is 4.92. The Balaban J connectivity index is 1.67. The number of nitrogens with zero attached hydrogens (tertiary/aromatic N) is 5. The molecule has 6 heteroatoms. The van der Waals surface area contributed by atoms with Crippen LogP contribution in [0, 0.1) is 11.3 Å². The molecule has 1 fully saturated rings. The second kappa shape index (κ2) is 5.67. The highest BCUT2D eigenvalue weighted by Gasteiger charge is 2.19. The molecule has 0 spiro atoms. The van der Waals surface area contributed by atoms with Gasteiger partial charge in [-0.1, -0.05) is 0 Å². The maximum Gasteiger partial charge on any atom is 0.140 e. The molecule has 21 heavy (non-hydrogen) atoms. The first-order valence-corrected chi connectivity index (χ1v) is 6.83. The van der Waals surface area contributed by atoms with Gasteiger partial charge < -0.3 is 15.5 Å². The van der Waals surface area contributed by atoms with Crippen molar-refractivity contribution >= 4 is 17.1 Å². The summed E-state index contributed by atoms with van der Waals surface area (Å²) < 4.78 is 0. The van der Waals surface area contributed by atoms with Crippen molar-refractivity contribution in [2.24, 2.45) is 0 Å². The van der Waals surface area contributed by atoms with Crippen LogP contribution in [-0.2, 0) is 0 Å². The second-order valence-corrected chi connectivity index (χ2v) is 4.92. The molecule has 0 radical (unpaired) electrons. The van der Waals surface area contributed by atoms with Crippen LogP contribution in [0.3, 0.4) is 0 Å². The Morgan fingerprint density at radius 3 is 2.43 bits per heavy atom. The van der Waals surface area contributed by atoms with Crippen molar-refractivity contribution in [1.29, 1.82) is 5.26 Å². The van der Waals surface area contributed by atoms with Crippen molar-refractivity contribution in [1.82, 2.24) is 9.97 Å². The van der Waals surface area contributed by atoms with Crippen LogP contribution in [-0.4, -0.2) is 36.1 Å². The van der Waals surface area contributed by atoms with E-state index in [9.17, 15) is 0 Å². The van der Waals surface area contributed by atoms with Crippen LogP contribution < -0.4 is 15.5 Å². The van der Waals surface area contributed by atoms with Crippen LogP contribution in [0.4, 0.5) is 17.1 Å². The molecule has 1 aliphatic heterocycles. The van der Waals surface area contributed by atoms with E-state index in [-0.39, 0.29) is 0 Å². The van der Waals surface area contributed by atoms with Gasteiger partial charge in [0.05, 0.1) is 29.5 Å². The lowest BCUT2D eigenvalue weighted by Crippen LogP contribution is -2.46. The highest BCUT2D eigenvalue weighted by Crippen LogP contribution is 2.24. The fourth-order valence-electron chi connectivity index (χ4n) is 2.53. The molecule has 1 saturated heterocycles. The number of rotatable bonds is 2. The van der Waals surface area contributed by atoms with E-state index < -0.39 is 0 Å². The molecule has 0 aromatic carbocycles. The van der Waals surface area contributed by atoms with Gasteiger partial charge >= 0.3 is 0 Å². The molecule has 3 heterocycles. The number of aromatic nitrogens is 2. The lowest BCUT2D eigenvalue weighted by Gasteiger charge is -2.37. The molecule has 2 N–H and O–H groups in total. The number of piperazine rings is 1. The minimum atomic E-state index is 0.446. The maximum absolute atomic E-state index is 8.78. The quantitative estimate of drug-likeness (QED) is 0.891. The highest BCUT2D eigenvalue weighted by molar-refractivity contribution is 5.66. The van der Waals surface area contributed by atoms with Crippen LogP contribution in [0.1, 0.15) is 5.69 Å². The third-order valence-electron chi connectivity index (χ3n) is 3.68. The topological polar surface area (TPSA) is 82.1 Å². The average molecular weight is 280 g/mol. The summed E-state index contributed by atoms with van der Waals surface area (Å²) in [5.74, 6) is 0. The summed E-state index contributed by atoms with van der Waals surface area (Å²) in [6.07, 6.45) is 5.21. The van der Waals surface area contributed by atoms with E-state index in [4.69, 9.17) is 11.0 Å². The monoisotopic (exact) mass is 280 g/mol. The molecule has 1 aliphatic rings. The first kappa shape index (κ1) is 13.2. The van der Waals surface area contributed by atoms with E-state index in [1.165, 1.54) is 0 Å². The number of hydrogen-bond donors (Lipinski definition) is 1. The normalized spacial score (nSPS) is 14.8. The van der Waals surface area contributed by atoms with Crippen LogP contribution >= 0.6 is 0 Å². The number of nitriles is 1. The van der Waals surface area contributed by atoms with Crippen molar-refractivity contribution in [3.63, 3.8) is 0 Å². The van der Waals surface area contributed by atoms with Crippen molar-refractivity contribution in [2.75, 3.05) is 41.7 Å². The van der Waals surface area contributed by atoms with Crippen LogP contribution in [0.25, 0.3) is 0 Å². The van der Waals surface area contributed by atoms with E-state index in [1.54, 1.807) is 24.7 Å². The van der Waals surface area contributed by atoms with Gasteiger partial charge in [-0.15, -0.1) is 0 Å². The summed E-state index contributed by atoms with van der Waals surface area (Å²) in [6.45, 7) is 3.59. The molecule has 0 saturated carbocycles. The minimum absolute atomic E-state index is 0.446. The Morgan fingerprint density at radius 1 is 1.05 bits per heavy atom. The number of pyridine rings is 2. The van der Waals surface area contributed by atoms with Gasteiger partial charge in [-0.2, -0.15) is 5.26 Å². The van der Waals surface area contributed by atoms with Crippen LogP contribution in [0.15, 0.2) is 36.8 Å². The molecule has 2 aromatic rings. The SMILES string of the molecule is N#Cc1ccc(N2CCN(c3ccncc3N)CC2)cn1. The smallest absolute Gasteiger partial charge is 0.140 e. The van der Waals surface area contributed by atoms with Gasteiger partial charge in [0.1, 0.15) is 11.8 Å². The summed E-state index contributed by atoms with van der Waals surface area (Å²) in [7, 11) is 0. The van der Waals surface area contributed by atoms with Crippen molar-refractivity contribution < 1.29 is 0 Å². The van der Waals surface area contributed by atoms with E-state index in [2.05, 4.69) is 19.8 Å². The molecule has 0 amide bonds. The number of nitrogens with two attached hydrogens (primary N) is 1. The minimum Gasteiger partial charge on any atom is -0.396 e. The molecule has 0 atom stereocenters. The molecular formula is C15H16N6. The van der Waals surface area contributed by atoms with Gasteiger partial charge in [-0.3, -0.25) is 4.98 Å². The van der Waals surface area contributed by atoms with E-state index in [1.807, 2.05) is 18.2 Å². The first-order chi connectivity index (χ1) is 10.3. The summed E-state index contributed by atoms with van der Waals surface area (Å²) in [5, 5.41) is 8.78. The average Bonchev–Trinajstić information content (AvgIpc) is 2.56. The van der Waals surface area contributed by atoms with Crippen molar-refractivity contribution in [2.45, 2.75) is 0 Å². The lowest BCUT2D eigenvalue weighted by molar-refractivity contribution is 0.653. The predicted molar refractivity (Wildman–Crippen MR) is 82.0 cm³/mol. The van der Waals surface area contributed by atoms with Crippen LogP contribution in [0.2, 0.25) is 0 Å². The van der Waals surface area contributed by atoms with Gasteiger partial charge in [0.2, 0.25) is 0 Å². The Kier molecular flexibility index (Phi) is 3.56. The fraction of sp³-hybridized carbons (Fsp3) is 0.267. The van der Waals surface area contributed by atoms with Gasteiger partial charge in [-0.05, 0) is 18.2 Å². The third kappa shape index (κ3) is 2.72. The molecule has 3 rings (SSSR count). The standard InChI is InChI=1S/C15H16N6/c16-9-12-1-2-13(10-19-12)20-5-7-21(8-6-20)15-3-4-18-11-14(15)17/h1-4,10-11H,5-8,17H2. The molecular weight excluding hydrogens is 264 g/mol. The van der Waals surface area contributed by atoms with E-state index in [0.29, 0.717) is 11.4 Å². The van der Waals surface area contributed by atoms with Crippen molar-refractivity contribution in [3.8, 4) is 6.07 Å². The Bertz CT molecular complexity index is 653. The molecule has 0 unspecified atom stereocenters. The largest absolute Gasteiger partial charge is 0.396 e. The lowest BCUT2D eigenvalue weighted by atomic mass is 10.2. The summed E-state index contributed by atoms with van der Waals surface area (Å²) in [4.78, 5) is 12.7. The molecule has 106 valence electrons. The zero-order valence-corrected chi connectivity index (χ0v) is 11.6. The van der Waals surface area contributed by atoms with E-state index in [0.717, 1.165) is 37.6 Å². The zero-order chi connectivity index (χ0) is 14.7. The Morgan fingerprint density at radius 2 is 1.81 bits per heavy atom. The highest BCUT2D eigenvalue weighted by atomic mass is 15.3. The van der Waals surface area contributed by atoms with Gasteiger partial charge in [-0.25, -0.2) is 4.98 Å². The number of nitrogen functional groups attached to an aromatic ring is 1. The summed E-state index contributed by atoms with van der Waals surface area (Å²) in [5.41, 5.74) is 9.23. The summed E-state index contributed by atoms with van der Waals surface area (Å²) in [6, 6.07) is 7.69. The first-order valence-electron chi connectivity index (χ1n) is 6.83. The van der Waals surface area contributed by atoms with Gasteiger partial charge in [0.15, 0.2) is 0 Å². The molecule has 0 bridgehead atoms. The number of hydrogen-bond acceptors (Lipinski definition) is 6. The van der Waals surface area contributed by atoms with Gasteiger partial charge in [0, 0.05) is 32.4 Å².